The monoisotopic (exact) mass is 426 g/mol. The summed E-state index contributed by atoms with van der Waals surface area (Å²) in [4.78, 5) is 25.0. The molecule has 1 aromatic carbocycles. The number of alkyl halides is 1. The number of methoxy groups -OCH3 is 1. The van der Waals surface area contributed by atoms with E-state index < -0.39 is 5.41 Å². The fourth-order valence-electron chi connectivity index (χ4n) is 6.04. The number of nitrogens with zero attached hydrogens (tertiary/aromatic N) is 2. The smallest absolute Gasteiger partial charge is 0.287 e. The highest BCUT2D eigenvalue weighted by Gasteiger charge is 2.59. The van der Waals surface area contributed by atoms with E-state index in [1.807, 2.05) is 0 Å². The summed E-state index contributed by atoms with van der Waals surface area (Å²) in [6.45, 7) is 0. The predicted octanol–water partition coefficient (Wildman–Crippen LogP) is 4.17. The molecule has 0 radical (unpaired) electrons. The number of benzene rings is 1. The lowest BCUT2D eigenvalue weighted by molar-refractivity contribution is -0.134. The Kier molecular flexibility index (Phi) is 4.58. The SMILES string of the molecule is COc1ccc(C2=CC(=O)/C(=N/N=C/C(=O)C34CC5CC(CC(Cl)(C5)C3)C4)O2)cc1. The van der Waals surface area contributed by atoms with Gasteiger partial charge in [0.25, 0.3) is 5.90 Å². The molecule has 4 bridgehead atoms. The van der Waals surface area contributed by atoms with Crippen LogP contribution < -0.4 is 4.74 Å². The summed E-state index contributed by atoms with van der Waals surface area (Å²) in [7, 11) is 1.59. The number of hydrogen-bond acceptors (Lipinski definition) is 6. The number of rotatable bonds is 5. The zero-order valence-corrected chi connectivity index (χ0v) is 17.5. The van der Waals surface area contributed by atoms with Gasteiger partial charge in [0.1, 0.15) is 11.5 Å². The number of carbonyl (C=O) groups is 2. The van der Waals surface area contributed by atoms with Crippen LogP contribution >= 0.6 is 11.6 Å². The minimum Gasteiger partial charge on any atom is -0.497 e. The van der Waals surface area contributed by atoms with Crippen LogP contribution in [0.15, 0.2) is 40.5 Å². The van der Waals surface area contributed by atoms with Gasteiger partial charge in [0.05, 0.1) is 13.3 Å². The Bertz CT molecular complexity index is 981. The van der Waals surface area contributed by atoms with Crippen molar-refractivity contribution in [3.63, 3.8) is 0 Å². The first-order valence-corrected chi connectivity index (χ1v) is 10.7. The van der Waals surface area contributed by atoms with Crippen LogP contribution in [0.1, 0.15) is 44.1 Å². The quantitative estimate of drug-likeness (QED) is 0.402. The van der Waals surface area contributed by atoms with Crippen molar-refractivity contribution >= 4 is 41.0 Å². The van der Waals surface area contributed by atoms with E-state index in [-0.39, 0.29) is 22.3 Å². The highest BCUT2D eigenvalue weighted by Crippen LogP contribution is 2.63. The van der Waals surface area contributed by atoms with Crippen molar-refractivity contribution < 1.29 is 19.1 Å². The van der Waals surface area contributed by atoms with Gasteiger partial charge >= 0.3 is 0 Å². The molecule has 1 heterocycles. The van der Waals surface area contributed by atoms with Gasteiger partial charge in [-0.3, -0.25) is 9.59 Å². The highest BCUT2D eigenvalue weighted by molar-refractivity contribution is 6.45. The third-order valence-corrected chi connectivity index (χ3v) is 7.33. The maximum Gasteiger partial charge on any atom is 0.287 e. The molecule has 156 valence electrons. The fourth-order valence-corrected chi connectivity index (χ4v) is 6.73. The second-order valence-electron chi connectivity index (χ2n) is 9.11. The molecule has 2 atom stereocenters. The minimum atomic E-state index is -0.414. The first-order valence-electron chi connectivity index (χ1n) is 10.3. The van der Waals surface area contributed by atoms with Crippen LogP contribution in [0.2, 0.25) is 0 Å². The number of halogens is 1. The van der Waals surface area contributed by atoms with Crippen molar-refractivity contribution in [3.05, 3.63) is 35.9 Å². The van der Waals surface area contributed by atoms with E-state index >= 15 is 0 Å². The zero-order chi connectivity index (χ0) is 20.9. The molecule has 0 saturated heterocycles. The molecule has 4 aliphatic carbocycles. The van der Waals surface area contributed by atoms with E-state index in [2.05, 4.69) is 10.2 Å². The Morgan fingerprint density at radius 2 is 1.90 bits per heavy atom. The van der Waals surface area contributed by atoms with Crippen LogP contribution in [0, 0.1) is 17.3 Å². The Morgan fingerprint density at radius 3 is 2.53 bits per heavy atom. The van der Waals surface area contributed by atoms with Crippen molar-refractivity contribution in [2.24, 2.45) is 27.5 Å². The van der Waals surface area contributed by atoms with Crippen LogP contribution in [0.4, 0.5) is 0 Å². The Labute approximate surface area is 180 Å². The van der Waals surface area contributed by atoms with Gasteiger partial charge in [-0.15, -0.1) is 16.7 Å². The second kappa shape index (κ2) is 7.05. The zero-order valence-electron chi connectivity index (χ0n) is 16.8. The van der Waals surface area contributed by atoms with Crippen molar-refractivity contribution in [1.82, 2.24) is 0 Å². The van der Waals surface area contributed by atoms with Crippen LogP contribution in [-0.4, -0.2) is 35.7 Å². The summed E-state index contributed by atoms with van der Waals surface area (Å²) in [5, 5.41) is 7.79. The molecule has 7 heteroatoms. The molecule has 1 aliphatic heterocycles. The molecule has 2 unspecified atom stereocenters. The third kappa shape index (κ3) is 3.37. The largest absolute Gasteiger partial charge is 0.497 e. The predicted molar refractivity (Wildman–Crippen MR) is 114 cm³/mol. The lowest BCUT2D eigenvalue weighted by Crippen LogP contribution is -2.56. The molecule has 0 amide bonds. The van der Waals surface area contributed by atoms with E-state index in [0.717, 1.165) is 31.2 Å². The van der Waals surface area contributed by atoms with Crippen LogP contribution in [-0.2, 0) is 14.3 Å². The average molecular weight is 427 g/mol. The average Bonchev–Trinajstić information content (AvgIpc) is 3.07. The van der Waals surface area contributed by atoms with Gasteiger partial charge in [-0.2, -0.15) is 5.10 Å². The second-order valence-corrected chi connectivity index (χ2v) is 9.91. The van der Waals surface area contributed by atoms with E-state index in [0.29, 0.717) is 29.8 Å². The summed E-state index contributed by atoms with van der Waals surface area (Å²) >= 11 is 6.81. The van der Waals surface area contributed by atoms with Gasteiger partial charge in [0.15, 0.2) is 5.78 Å². The fraction of sp³-hybridized carbons (Fsp3) is 0.478. The summed E-state index contributed by atoms with van der Waals surface area (Å²) in [6.07, 6.45) is 8.33. The molecule has 0 aromatic heterocycles. The van der Waals surface area contributed by atoms with E-state index in [1.54, 1.807) is 31.4 Å². The molecule has 0 N–H and O–H groups in total. The van der Waals surface area contributed by atoms with Crippen molar-refractivity contribution in [2.75, 3.05) is 7.11 Å². The summed E-state index contributed by atoms with van der Waals surface area (Å²) in [5.41, 5.74) is 0.318. The van der Waals surface area contributed by atoms with Gasteiger partial charge in [-0.25, -0.2) is 0 Å². The number of Topliss-reactive ketones (excluding diaryl/α,β-unsaturated/α-hetero) is 1. The van der Waals surface area contributed by atoms with E-state index in [9.17, 15) is 9.59 Å². The Hall–Kier alpha value is -2.47. The van der Waals surface area contributed by atoms with Gasteiger partial charge in [0, 0.05) is 21.9 Å². The van der Waals surface area contributed by atoms with Gasteiger partial charge in [-0.1, -0.05) is 0 Å². The molecule has 4 saturated carbocycles. The van der Waals surface area contributed by atoms with E-state index in [4.69, 9.17) is 21.1 Å². The molecule has 4 fully saturated rings. The van der Waals surface area contributed by atoms with Crippen molar-refractivity contribution in [3.8, 4) is 5.75 Å². The summed E-state index contributed by atoms with van der Waals surface area (Å²) in [5.74, 6) is 1.63. The Balaban J connectivity index is 1.27. The Morgan fingerprint density at radius 1 is 1.20 bits per heavy atom. The normalized spacial score (nSPS) is 35.7. The molecule has 0 spiro atoms. The minimum absolute atomic E-state index is 0.0280. The maximum atomic E-state index is 13.0. The van der Waals surface area contributed by atoms with E-state index in [1.165, 1.54) is 18.7 Å². The number of ether oxygens (including phenoxy) is 2. The standard InChI is InChI=1S/C23H23ClN2O4/c1-29-17-4-2-16(3-5-17)19-7-18(27)21(30-19)26-25-12-20(28)22-8-14-6-15(9-22)11-23(24,10-14)13-22/h2-5,7,12,14-15H,6,8-11,13H2,1H3/b25-12+,26-21-. The molecular weight excluding hydrogens is 404 g/mol. The molecule has 1 aromatic rings. The molecule has 30 heavy (non-hydrogen) atoms. The first-order chi connectivity index (χ1) is 14.4. The highest BCUT2D eigenvalue weighted by atomic mass is 35.5. The lowest BCUT2D eigenvalue weighted by atomic mass is 9.48. The number of carbonyl (C=O) groups excluding carboxylic acids is 2. The summed E-state index contributed by atoms with van der Waals surface area (Å²) < 4.78 is 10.7. The molecular formula is C23H23ClN2O4. The molecule has 5 aliphatic rings. The van der Waals surface area contributed by atoms with Crippen LogP contribution in [0.3, 0.4) is 0 Å². The molecule has 6 rings (SSSR count). The van der Waals surface area contributed by atoms with Gasteiger partial charge in [-0.05, 0) is 74.6 Å². The summed E-state index contributed by atoms with van der Waals surface area (Å²) in [6, 6.07) is 7.15. The van der Waals surface area contributed by atoms with Crippen molar-refractivity contribution in [2.45, 2.75) is 43.4 Å². The number of hydrogen-bond donors (Lipinski definition) is 0. The van der Waals surface area contributed by atoms with Crippen LogP contribution in [0.25, 0.3) is 5.76 Å². The number of ketones is 2. The lowest BCUT2D eigenvalue weighted by Gasteiger charge is -2.59. The van der Waals surface area contributed by atoms with Gasteiger partial charge < -0.3 is 9.47 Å². The maximum absolute atomic E-state index is 13.0. The van der Waals surface area contributed by atoms with Crippen LogP contribution in [0.5, 0.6) is 5.75 Å². The van der Waals surface area contributed by atoms with Crippen molar-refractivity contribution in [1.29, 1.82) is 0 Å². The first kappa shape index (κ1) is 19.5. The van der Waals surface area contributed by atoms with Gasteiger partial charge in [0.2, 0.25) is 5.78 Å². The topological polar surface area (TPSA) is 77.3 Å². The molecule has 6 nitrogen and oxygen atoms in total. The third-order valence-electron chi connectivity index (χ3n) is 6.89.